The van der Waals surface area contributed by atoms with Crippen LogP contribution in [0.2, 0.25) is 0 Å². The molecule has 18 heavy (non-hydrogen) atoms. The Morgan fingerprint density at radius 3 is 2.67 bits per heavy atom. The fraction of sp³-hybridized carbons (Fsp3) is 0.765. The van der Waals surface area contributed by atoms with Crippen LogP contribution in [0.1, 0.15) is 57.8 Å². The topological polar surface area (TPSA) is 9.23 Å². The minimum absolute atomic E-state index is 0.0582. The molecule has 98 valence electrons. The van der Waals surface area contributed by atoms with E-state index in [4.69, 9.17) is 4.74 Å². The van der Waals surface area contributed by atoms with Gasteiger partial charge in [-0.2, -0.15) is 0 Å². The molecule has 1 heteroatoms. The first-order chi connectivity index (χ1) is 8.77. The Bertz CT molecular complexity index is 402. The molecule has 0 aromatic carbocycles. The normalized spacial score (nSPS) is 45.2. The van der Waals surface area contributed by atoms with Crippen LogP contribution in [0.25, 0.3) is 0 Å². The van der Waals surface area contributed by atoms with Gasteiger partial charge in [0.25, 0.3) is 0 Å². The van der Waals surface area contributed by atoms with E-state index in [1.54, 1.807) is 5.57 Å². The zero-order chi connectivity index (χ0) is 12.2. The first kappa shape index (κ1) is 11.3. The first-order valence-electron chi connectivity index (χ1n) is 7.83. The Kier molecular flexibility index (Phi) is 2.33. The smallest absolute Gasteiger partial charge is 0.0936 e. The molecule has 1 saturated heterocycles. The molecule has 1 nitrogen and oxygen atoms in total. The maximum Gasteiger partial charge on any atom is 0.0936 e. The average Bonchev–Trinajstić information content (AvgIpc) is 2.81. The molecule has 2 aliphatic carbocycles. The monoisotopic (exact) mass is 244 g/mol. The highest BCUT2D eigenvalue weighted by atomic mass is 16.5. The lowest BCUT2D eigenvalue weighted by Gasteiger charge is -2.55. The molecule has 4 rings (SSSR count). The predicted octanol–water partition coefficient (Wildman–Crippen LogP) is 4.39. The van der Waals surface area contributed by atoms with E-state index >= 15 is 0 Å². The van der Waals surface area contributed by atoms with Crippen molar-refractivity contribution in [3.05, 3.63) is 24.3 Å². The summed E-state index contributed by atoms with van der Waals surface area (Å²) in [5.74, 6) is 0.611. The third-order valence-electron chi connectivity index (χ3n) is 6.15. The van der Waals surface area contributed by atoms with Crippen molar-refractivity contribution in [2.45, 2.75) is 69.5 Å². The van der Waals surface area contributed by atoms with Crippen LogP contribution in [0, 0.1) is 11.3 Å². The Morgan fingerprint density at radius 2 is 1.83 bits per heavy atom. The van der Waals surface area contributed by atoms with Gasteiger partial charge in [-0.3, -0.25) is 0 Å². The second-order valence-electron chi connectivity index (χ2n) is 6.89. The number of rotatable bonds is 0. The highest BCUT2D eigenvalue weighted by Gasteiger charge is 2.59. The van der Waals surface area contributed by atoms with Gasteiger partial charge >= 0.3 is 0 Å². The quantitative estimate of drug-likeness (QED) is 0.574. The van der Waals surface area contributed by atoms with Crippen LogP contribution in [-0.2, 0) is 4.74 Å². The summed E-state index contributed by atoms with van der Waals surface area (Å²) in [6, 6.07) is 0. The summed E-state index contributed by atoms with van der Waals surface area (Å²) < 4.78 is 6.58. The molecule has 3 fully saturated rings. The van der Waals surface area contributed by atoms with E-state index in [-0.39, 0.29) is 5.60 Å². The summed E-state index contributed by atoms with van der Waals surface area (Å²) in [5.41, 5.74) is 1.92. The maximum atomic E-state index is 6.58. The van der Waals surface area contributed by atoms with Crippen LogP contribution in [0.5, 0.6) is 0 Å². The van der Waals surface area contributed by atoms with Gasteiger partial charge in [-0.15, -0.1) is 0 Å². The lowest BCUT2D eigenvalue weighted by atomic mass is 9.58. The number of hydrogen-bond acceptors (Lipinski definition) is 1. The van der Waals surface area contributed by atoms with E-state index in [9.17, 15) is 0 Å². The molecule has 0 unspecified atom stereocenters. The second kappa shape index (κ2) is 3.72. The van der Waals surface area contributed by atoms with Gasteiger partial charge < -0.3 is 4.74 Å². The van der Waals surface area contributed by atoms with E-state index in [1.807, 2.05) is 0 Å². The van der Waals surface area contributed by atoms with Gasteiger partial charge in [-0.1, -0.05) is 56.4 Å². The zero-order valence-corrected chi connectivity index (χ0v) is 11.3. The van der Waals surface area contributed by atoms with Crippen molar-refractivity contribution in [3.63, 3.8) is 0 Å². The minimum atomic E-state index is 0.0582. The van der Waals surface area contributed by atoms with E-state index in [0.29, 0.717) is 17.4 Å². The maximum absolute atomic E-state index is 6.58. The van der Waals surface area contributed by atoms with Gasteiger partial charge in [0.1, 0.15) is 0 Å². The summed E-state index contributed by atoms with van der Waals surface area (Å²) in [6.07, 6.45) is 17.1. The lowest BCUT2D eigenvalue weighted by molar-refractivity contribution is -0.151. The van der Waals surface area contributed by atoms with Gasteiger partial charge in [-0.05, 0) is 25.7 Å². The van der Waals surface area contributed by atoms with Crippen LogP contribution in [0.15, 0.2) is 24.3 Å². The molecule has 2 spiro atoms. The third-order valence-corrected chi connectivity index (χ3v) is 6.15. The molecule has 0 N–H and O–H groups in total. The van der Waals surface area contributed by atoms with Crippen molar-refractivity contribution in [1.29, 1.82) is 0 Å². The van der Waals surface area contributed by atoms with Crippen molar-refractivity contribution < 1.29 is 4.74 Å². The average molecular weight is 244 g/mol. The number of ether oxygens (including phenoxy) is 1. The third kappa shape index (κ3) is 1.27. The fourth-order valence-corrected chi connectivity index (χ4v) is 5.16. The van der Waals surface area contributed by atoms with Crippen LogP contribution >= 0.6 is 0 Å². The summed E-state index contributed by atoms with van der Waals surface area (Å²) in [5, 5.41) is 0. The highest BCUT2D eigenvalue weighted by Crippen LogP contribution is 2.61. The van der Waals surface area contributed by atoms with E-state index < -0.39 is 0 Å². The van der Waals surface area contributed by atoms with E-state index in [0.717, 1.165) is 0 Å². The summed E-state index contributed by atoms with van der Waals surface area (Å²) in [6.45, 7) is 4.59. The number of hydrogen-bond donors (Lipinski definition) is 0. The minimum Gasteiger partial charge on any atom is -0.362 e. The molecule has 0 amide bonds. The number of fused-ring (bicyclic) bond motifs is 2. The zero-order valence-electron chi connectivity index (χ0n) is 11.3. The molecular formula is C17H24O. The van der Waals surface area contributed by atoms with E-state index in [2.05, 4.69) is 18.7 Å². The van der Waals surface area contributed by atoms with Crippen LogP contribution in [0.4, 0.5) is 0 Å². The molecule has 2 saturated carbocycles. The highest BCUT2D eigenvalue weighted by molar-refractivity contribution is 5.36. The largest absolute Gasteiger partial charge is 0.362 e. The molecule has 3 atom stereocenters. The van der Waals surface area contributed by atoms with Gasteiger partial charge in [0, 0.05) is 11.3 Å². The van der Waals surface area contributed by atoms with Gasteiger partial charge in [0.15, 0.2) is 0 Å². The molecule has 2 heterocycles. The van der Waals surface area contributed by atoms with Crippen LogP contribution in [-0.4, -0.2) is 11.7 Å². The van der Waals surface area contributed by atoms with Crippen LogP contribution in [0.3, 0.4) is 0 Å². The molecular weight excluding hydrogens is 220 g/mol. The SMILES string of the molecule is C=C1[C@@H]2CCCC[C@@]23C=C[C@@H](O3)C12CCCCC2. The molecule has 0 aromatic heterocycles. The molecule has 0 radical (unpaired) electrons. The van der Waals surface area contributed by atoms with Crippen molar-refractivity contribution in [2.75, 3.05) is 0 Å². The molecule has 2 aliphatic heterocycles. The van der Waals surface area contributed by atoms with Gasteiger partial charge in [-0.25, -0.2) is 0 Å². The molecule has 2 bridgehead atoms. The Balaban J connectivity index is 1.76. The van der Waals surface area contributed by atoms with Gasteiger partial charge in [0.05, 0.1) is 11.7 Å². The van der Waals surface area contributed by atoms with Crippen molar-refractivity contribution in [1.82, 2.24) is 0 Å². The summed E-state index contributed by atoms with van der Waals surface area (Å²) in [4.78, 5) is 0. The van der Waals surface area contributed by atoms with Crippen LogP contribution < -0.4 is 0 Å². The first-order valence-corrected chi connectivity index (χ1v) is 7.83. The Morgan fingerprint density at radius 1 is 1.06 bits per heavy atom. The Labute approximate surface area is 110 Å². The van der Waals surface area contributed by atoms with E-state index in [1.165, 1.54) is 57.8 Å². The Hall–Kier alpha value is -0.560. The second-order valence-corrected chi connectivity index (χ2v) is 6.89. The van der Waals surface area contributed by atoms with Gasteiger partial charge in [0.2, 0.25) is 0 Å². The molecule has 0 aromatic rings. The molecule has 4 aliphatic rings. The summed E-state index contributed by atoms with van der Waals surface area (Å²) in [7, 11) is 0. The standard InChI is InChI=1S/C17H24O/c1-13-14-7-3-6-11-17(14)12-8-15(18-17)16(13)9-4-2-5-10-16/h8,12,14-15H,1-7,9-11H2/t14-,15+,17+/m0/s1. The lowest BCUT2D eigenvalue weighted by Crippen LogP contribution is -2.54. The summed E-state index contributed by atoms with van der Waals surface area (Å²) >= 11 is 0. The fourth-order valence-electron chi connectivity index (χ4n) is 5.16. The van der Waals surface area contributed by atoms with Crippen molar-refractivity contribution >= 4 is 0 Å². The predicted molar refractivity (Wildman–Crippen MR) is 73.4 cm³/mol. The van der Waals surface area contributed by atoms with Crippen molar-refractivity contribution in [2.24, 2.45) is 11.3 Å². The van der Waals surface area contributed by atoms with Crippen molar-refractivity contribution in [3.8, 4) is 0 Å².